The molecule has 33 heavy (non-hydrogen) atoms. The molecule has 1 atom stereocenters. The summed E-state index contributed by atoms with van der Waals surface area (Å²) in [7, 11) is 0. The first kappa shape index (κ1) is 22.6. The van der Waals surface area contributed by atoms with E-state index in [2.05, 4.69) is 15.3 Å². The smallest absolute Gasteiger partial charge is 0.274 e. The SMILES string of the molecule is CC(C)NC(=O)[C@]1(Cc2ccccc2-c2ccccc2)CN(C(=O)c2cnccn2)CCO1. The average molecular weight is 445 g/mol. The molecule has 7 nitrogen and oxygen atoms in total. The number of aromatic nitrogens is 2. The molecule has 1 fully saturated rings. The summed E-state index contributed by atoms with van der Waals surface area (Å²) in [4.78, 5) is 36.4. The van der Waals surface area contributed by atoms with Gasteiger partial charge in [-0.25, -0.2) is 4.98 Å². The van der Waals surface area contributed by atoms with Crippen LogP contribution in [0.25, 0.3) is 11.1 Å². The van der Waals surface area contributed by atoms with Crippen molar-refractivity contribution in [2.75, 3.05) is 19.7 Å². The number of hydrogen-bond donors (Lipinski definition) is 1. The van der Waals surface area contributed by atoms with Gasteiger partial charge in [-0.15, -0.1) is 0 Å². The van der Waals surface area contributed by atoms with Crippen LogP contribution in [0.15, 0.2) is 73.2 Å². The van der Waals surface area contributed by atoms with E-state index in [9.17, 15) is 9.59 Å². The lowest BCUT2D eigenvalue weighted by molar-refractivity contribution is -0.157. The molecule has 4 rings (SSSR count). The van der Waals surface area contributed by atoms with Gasteiger partial charge in [-0.05, 0) is 30.5 Å². The van der Waals surface area contributed by atoms with E-state index in [1.165, 1.54) is 18.6 Å². The molecule has 2 heterocycles. The molecule has 0 unspecified atom stereocenters. The molecule has 0 spiro atoms. The normalized spacial score (nSPS) is 18.2. The number of rotatable bonds is 6. The molecule has 1 saturated heterocycles. The van der Waals surface area contributed by atoms with E-state index in [1.54, 1.807) is 4.90 Å². The first-order valence-corrected chi connectivity index (χ1v) is 11.1. The van der Waals surface area contributed by atoms with Crippen LogP contribution in [0.5, 0.6) is 0 Å². The number of benzene rings is 2. The molecule has 0 saturated carbocycles. The van der Waals surface area contributed by atoms with Gasteiger partial charge in [0.05, 0.1) is 19.3 Å². The number of ether oxygens (including phenoxy) is 1. The van der Waals surface area contributed by atoms with Crippen LogP contribution in [-0.2, 0) is 16.0 Å². The fourth-order valence-electron chi connectivity index (χ4n) is 4.13. The largest absolute Gasteiger partial charge is 0.361 e. The van der Waals surface area contributed by atoms with Crippen LogP contribution in [0.4, 0.5) is 0 Å². The predicted octanol–water partition coefficient (Wildman–Crippen LogP) is 3.12. The van der Waals surface area contributed by atoms with Crippen molar-refractivity contribution < 1.29 is 14.3 Å². The van der Waals surface area contributed by atoms with E-state index < -0.39 is 5.60 Å². The van der Waals surface area contributed by atoms with E-state index in [1.807, 2.05) is 68.4 Å². The molecule has 2 aromatic carbocycles. The molecule has 7 heteroatoms. The molecular formula is C26H28N4O3. The highest BCUT2D eigenvalue weighted by atomic mass is 16.5. The van der Waals surface area contributed by atoms with E-state index in [4.69, 9.17) is 4.74 Å². The number of carbonyl (C=O) groups is 2. The lowest BCUT2D eigenvalue weighted by Crippen LogP contribution is -2.62. The molecule has 1 aliphatic heterocycles. The van der Waals surface area contributed by atoms with Crippen LogP contribution in [0.3, 0.4) is 0 Å². The Morgan fingerprint density at radius 1 is 1.09 bits per heavy atom. The second-order valence-electron chi connectivity index (χ2n) is 8.49. The van der Waals surface area contributed by atoms with E-state index >= 15 is 0 Å². The number of amides is 2. The molecule has 170 valence electrons. The zero-order valence-corrected chi connectivity index (χ0v) is 18.9. The van der Waals surface area contributed by atoms with Gasteiger partial charge >= 0.3 is 0 Å². The van der Waals surface area contributed by atoms with Gasteiger partial charge in [0.2, 0.25) is 0 Å². The van der Waals surface area contributed by atoms with Gasteiger partial charge in [-0.1, -0.05) is 54.6 Å². The summed E-state index contributed by atoms with van der Waals surface area (Å²) in [5.74, 6) is -0.485. The third-order valence-corrected chi connectivity index (χ3v) is 5.67. The second kappa shape index (κ2) is 9.92. The maximum Gasteiger partial charge on any atom is 0.274 e. The molecule has 2 amide bonds. The first-order valence-electron chi connectivity index (χ1n) is 11.1. The highest BCUT2D eigenvalue weighted by Gasteiger charge is 2.46. The predicted molar refractivity (Wildman–Crippen MR) is 125 cm³/mol. The van der Waals surface area contributed by atoms with Crippen molar-refractivity contribution in [1.29, 1.82) is 0 Å². The van der Waals surface area contributed by atoms with Crippen molar-refractivity contribution in [3.8, 4) is 11.1 Å². The summed E-state index contributed by atoms with van der Waals surface area (Å²) in [6.07, 6.45) is 4.79. The lowest BCUT2D eigenvalue weighted by Gasteiger charge is -2.42. The highest BCUT2D eigenvalue weighted by Crippen LogP contribution is 2.31. The Balaban J connectivity index is 1.69. The Hall–Kier alpha value is -3.58. The third-order valence-electron chi connectivity index (χ3n) is 5.67. The highest BCUT2D eigenvalue weighted by molar-refractivity contribution is 5.93. The average Bonchev–Trinajstić information content (AvgIpc) is 2.85. The maximum absolute atomic E-state index is 13.5. The van der Waals surface area contributed by atoms with Gasteiger partial charge in [0.1, 0.15) is 5.69 Å². The molecule has 0 aliphatic carbocycles. The second-order valence-corrected chi connectivity index (χ2v) is 8.49. The quantitative estimate of drug-likeness (QED) is 0.632. The van der Waals surface area contributed by atoms with Crippen molar-refractivity contribution >= 4 is 11.8 Å². The monoisotopic (exact) mass is 444 g/mol. The summed E-state index contributed by atoms with van der Waals surface area (Å²) in [5.41, 5.74) is 2.12. The Labute approximate surface area is 193 Å². The summed E-state index contributed by atoms with van der Waals surface area (Å²) in [6.45, 7) is 4.59. The fourth-order valence-corrected chi connectivity index (χ4v) is 4.13. The van der Waals surface area contributed by atoms with Crippen LogP contribution >= 0.6 is 0 Å². The van der Waals surface area contributed by atoms with Gasteiger partial charge in [0.15, 0.2) is 5.60 Å². The van der Waals surface area contributed by atoms with Crippen LogP contribution < -0.4 is 5.32 Å². The lowest BCUT2D eigenvalue weighted by atomic mass is 9.87. The van der Waals surface area contributed by atoms with Crippen molar-refractivity contribution in [3.63, 3.8) is 0 Å². The van der Waals surface area contributed by atoms with Gasteiger partial charge < -0.3 is 15.0 Å². The zero-order valence-electron chi connectivity index (χ0n) is 18.9. The van der Waals surface area contributed by atoms with Crippen molar-refractivity contribution in [2.45, 2.75) is 31.9 Å². The van der Waals surface area contributed by atoms with Gasteiger partial charge in [0.25, 0.3) is 11.8 Å². The Morgan fingerprint density at radius 2 is 1.85 bits per heavy atom. The maximum atomic E-state index is 13.5. The van der Waals surface area contributed by atoms with Crippen molar-refractivity contribution in [1.82, 2.24) is 20.2 Å². The summed E-state index contributed by atoms with van der Waals surface area (Å²) < 4.78 is 6.20. The number of nitrogens with zero attached hydrogens (tertiary/aromatic N) is 3. The van der Waals surface area contributed by atoms with Gasteiger partial charge in [-0.2, -0.15) is 0 Å². The Bertz CT molecular complexity index is 1100. The number of carbonyl (C=O) groups excluding carboxylic acids is 2. The van der Waals surface area contributed by atoms with Crippen LogP contribution in [0.2, 0.25) is 0 Å². The molecule has 0 radical (unpaired) electrons. The summed E-state index contributed by atoms with van der Waals surface area (Å²) in [5, 5.41) is 3.00. The van der Waals surface area contributed by atoms with Crippen LogP contribution in [-0.4, -0.2) is 58.0 Å². The van der Waals surface area contributed by atoms with Crippen LogP contribution in [0.1, 0.15) is 29.9 Å². The number of hydrogen-bond acceptors (Lipinski definition) is 5. The van der Waals surface area contributed by atoms with Gasteiger partial charge in [-0.3, -0.25) is 14.6 Å². The molecule has 0 bridgehead atoms. The number of morpholine rings is 1. The van der Waals surface area contributed by atoms with E-state index in [-0.39, 0.29) is 36.7 Å². The molecule has 1 aliphatic rings. The molecule has 1 aromatic heterocycles. The number of nitrogens with one attached hydrogen (secondary N) is 1. The standard InChI is InChI=1S/C26H28N4O3/c1-19(2)29-25(32)26(16-21-10-6-7-11-22(21)20-8-4-3-5-9-20)18-30(14-15-33-26)24(31)23-17-27-12-13-28-23/h3-13,17,19H,14-16,18H2,1-2H3,(H,29,32)/t26-/m0/s1. The first-order chi connectivity index (χ1) is 16.0. The molecule has 1 N–H and O–H groups in total. The minimum Gasteiger partial charge on any atom is -0.361 e. The summed E-state index contributed by atoms with van der Waals surface area (Å²) >= 11 is 0. The third kappa shape index (κ3) is 5.09. The Morgan fingerprint density at radius 3 is 2.58 bits per heavy atom. The van der Waals surface area contributed by atoms with Crippen LogP contribution in [0, 0.1) is 0 Å². The van der Waals surface area contributed by atoms with Crippen molar-refractivity contribution in [2.24, 2.45) is 0 Å². The zero-order chi connectivity index (χ0) is 23.3. The topological polar surface area (TPSA) is 84.4 Å². The molecule has 3 aromatic rings. The molecular weight excluding hydrogens is 416 g/mol. The Kier molecular flexibility index (Phi) is 6.79. The fraction of sp³-hybridized carbons (Fsp3) is 0.308. The summed E-state index contributed by atoms with van der Waals surface area (Å²) in [6, 6.07) is 18.0. The van der Waals surface area contributed by atoms with Crippen molar-refractivity contribution in [3.05, 3.63) is 84.4 Å². The van der Waals surface area contributed by atoms with E-state index in [0.29, 0.717) is 13.0 Å². The minimum atomic E-state index is -1.22. The van der Waals surface area contributed by atoms with E-state index in [0.717, 1.165) is 16.7 Å². The van der Waals surface area contributed by atoms with Gasteiger partial charge in [0, 0.05) is 31.4 Å². The minimum absolute atomic E-state index is 0.0617.